The highest BCUT2D eigenvalue weighted by molar-refractivity contribution is 6.02. The van der Waals surface area contributed by atoms with E-state index < -0.39 is 217 Å². The Morgan fingerprint density at radius 3 is 1.20 bits per heavy atom. The van der Waals surface area contributed by atoms with Crippen molar-refractivity contribution in [1.82, 2.24) is 94.7 Å². The van der Waals surface area contributed by atoms with Gasteiger partial charge in [0.2, 0.25) is 106 Å². The first kappa shape index (κ1) is 103. The Hall–Kier alpha value is -14.8. The number of primary amides is 4. The number of guanidine groups is 1. The molecule has 42 heteroatoms. The maximum Gasteiger partial charge on any atom is 0.243 e. The number of amides is 18. The summed E-state index contributed by atoms with van der Waals surface area (Å²) in [6.45, 7) is 9.39. The maximum absolute atomic E-state index is 15.5. The van der Waals surface area contributed by atoms with Gasteiger partial charge in [-0.1, -0.05) is 132 Å². The summed E-state index contributed by atoms with van der Waals surface area (Å²) >= 11 is 0. The molecule has 1 saturated heterocycles. The number of nitrogens with two attached hydrogens (primary N) is 5. The van der Waals surface area contributed by atoms with Gasteiger partial charge in [-0.15, -0.1) is 0 Å². The first-order chi connectivity index (χ1) is 62.8. The Labute approximate surface area is 761 Å². The van der Waals surface area contributed by atoms with Crippen LogP contribution < -0.4 is 108 Å². The van der Waals surface area contributed by atoms with Gasteiger partial charge in [-0.05, 0) is 111 Å². The van der Waals surface area contributed by atoms with E-state index >= 15 is 24.0 Å². The standard InChI is InChI=1S/C90H122N24O18/c1-7-8-24-60(77(94)120)105-85(128)66(37-48(4)5)111-88(131)70(41-53-45-100-59-27-17-14-23-56(53)59)114-86(129)67(38-50-19-10-9-11-20-50)112-87(130)69(40-52-44-99-58-26-16-13-22-55(52)58)109-78(121)49(6)102-84(127)68(39-51-43-98-57-25-15-12-21-54(51)57)113-83(126)64(30-33-73(92)116)108-89(132)71(42-74(93)117)104-76(119)46-101-79(122)65(36-47(2)3)110-80(123)61(28-18-35-97-90(95)96)106-82(125)63(29-32-72(91)115)107-81(124)62-31-34-75(118)103-62/h9-17,19-23,25-27,43-45,47-49,60-71,98-100H,7-8,18,24,28-42,46H2,1-6H3,(H2,91,115)(H2,92,116)(H2,93,117)(H2,94,120)(H,101,122)(H,102,127)(H,103,118)(H,104,119)(H,105,128)(H,106,125)(H,107,124)(H,108,132)(H,109,121)(H,110,123)(H,111,131)(H,112,130)(H,113,126)(H,114,129)(H4,95,96,97)/t49-,60-,61-,62-,63-,64+,65-,66-,67-,68-,69+,70+,71-/m0/s1. The van der Waals surface area contributed by atoms with E-state index in [-0.39, 0.29) is 102 Å². The number of H-pyrrole nitrogens is 3. The molecule has 132 heavy (non-hydrogen) atoms. The minimum atomic E-state index is -1.92. The van der Waals surface area contributed by atoms with Gasteiger partial charge in [-0.3, -0.25) is 91.7 Å². The van der Waals surface area contributed by atoms with Crippen LogP contribution in [0.3, 0.4) is 0 Å². The quantitative estimate of drug-likeness (QED) is 0.0112. The predicted molar refractivity (Wildman–Crippen MR) is 487 cm³/mol. The molecule has 3 aromatic heterocycles. The van der Waals surface area contributed by atoms with Gasteiger partial charge in [-0.25, -0.2) is 0 Å². The molecule has 0 spiro atoms. The summed E-state index contributed by atoms with van der Waals surface area (Å²) in [7, 11) is 0. The zero-order chi connectivity index (χ0) is 96.4. The number of unbranched alkanes of at least 4 members (excludes halogenated alkanes) is 1. The topological polar surface area (TPSA) is 689 Å². The van der Waals surface area contributed by atoms with Crippen molar-refractivity contribution in [1.29, 1.82) is 5.41 Å². The van der Waals surface area contributed by atoms with Gasteiger partial charge < -0.3 is 123 Å². The number of aromatic amines is 3. The lowest BCUT2D eigenvalue weighted by Crippen LogP contribution is -2.61. The molecule has 18 amide bonds. The molecule has 710 valence electrons. The van der Waals surface area contributed by atoms with Gasteiger partial charge in [0.05, 0.1) is 13.0 Å². The Morgan fingerprint density at radius 1 is 0.394 bits per heavy atom. The SMILES string of the molecule is CCCC[C@H](NC(=O)[C@H](CC(C)C)NC(=O)[C@@H](Cc1c[nH]c2ccccc12)NC(=O)[C@H](Cc1ccccc1)NC(=O)[C@@H](Cc1c[nH]c2ccccc12)NC(=O)[C@H](C)NC(=O)[C@H](Cc1c[nH]c2ccccc12)NC(=O)[C@@H](CCC(N)=O)NC(=O)[C@H](CC(N)=O)NC(=O)CNC(=O)[C@H](CC(C)C)NC(=O)[C@H](CCCNC(=N)N)NC(=O)[C@H](CCC(N)=O)NC(=O)[C@@H]1CCC(=O)N1)C(N)=O. The number of benzene rings is 4. The van der Waals surface area contributed by atoms with E-state index in [1.165, 1.54) is 6.92 Å². The van der Waals surface area contributed by atoms with E-state index in [0.29, 0.717) is 56.9 Å². The average Bonchev–Trinajstić information content (AvgIpc) is 1.66. The van der Waals surface area contributed by atoms with Crippen LogP contribution >= 0.6 is 0 Å². The number of hydrogen-bond donors (Lipinski definition) is 24. The van der Waals surface area contributed by atoms with E-state index in [1.807, 2.05) is 39.0 Å². The fourth-order valence-corrected chi connectivity index (χ4v) is 15.1. The van der Waals surface area contributed by atoms with Crippen molar-refractivity contribution < 1.29 is 86.3 Å². The molecule has 0 bridgehead atoms. The molecule has 1 aliphatic heterocycles. The highest BCUT2D eigenvalue weighted by atomic mass is 16.2. The molecule has 0 unspecified atom stereocenters. The Balaban J connectivity index is 1.01. The van der Waals surface area contributed by atoms with E-state index in [9.17, 15) is 62.3 Å². The van der Waals surface area contributed by atoms with Crippen molar-refractivity contribution in [3.8, 4) is 0 Å². The summed E-state index contributed by atoms with van der Waals surface area (Å²) in [6.07, 6.45) is 2.86. The van der Waals surface area contributed by atoms with Gasteiger partial charge in [0.25, 0.3) is 0 Å². The Morgan fingerprint density at radius 2 is 0.773 bits per heavy atom. The molecular weight excluding hydrogens is 1710 g/mol. The van der Waals surface area contributed by atoms with Crippen LogP contribution in [0.4, 0.5) is 0 Å². The van der Waals surface area contributed by atoms with Gasteiger partial charge in [0, 0.05) is 103 Å². The minimum Gasteiger partial charge on any atom is -0.370 e. The smallest absolute Gasteiger partial charge is 0.243 e. The van der Waals surface area contributed by atoms with Gasteiger partial charge in [0.1, 0.15) is 78.5 Å². The molecule has 13 atom stereocenters. The zero-order valence-corrected chi connectivity index (χ0v) is 74.6. The number of aromatic nitrogens is 3. The third-order valence-corrected chi connectivity index (χ3v) is 22.1. The van der Waals surface area contributed by atoms with Crippen LogP contribution in [0.5, 0.6) is 0 Å². The highest BCUT2D eigenvalue weighted by Gasteiger charge is 2.39. The van der Waals surface area contributed by atoms with Crippen molar-refractivity contribution >= 4 is 145 Å². The maximum atomic E-state index is 15.5. The Bertz CT molecular complexity index is 5300. The fraction of sp³-hybridized carbons (Fsp3) is 0.456. The van der Waals surface area contributed by atoms with Crippen molar-refractivity contribution in [3.05, 3.63) is 144 Å². The first-order valence-corrected chi connectivity index (χ1v) is 43.9. The van der Waals surface area contributed by atoms with Crippen LogP contribution in [-0.4, -0.2) is 219 Å². The van der Waals surface area contributed by atoms with Crippen molar-refractivity contribution in [2.75, 3.05) is 13.1 Å². The average molecular weight is 1830 g/mol. The van der Waals surface area contributed by atoms with Gasteiger partial charge >= 0.3 is 0 Å². The lowest BCUT2D eigenvalue weighted by Gasteiger charge is -2.28. The van der Waals surface area contributed by atoms with E-state index in [0.717, 1.165) is 10.9 Å². The molecule has 4 aromatic carbocycles. The normalized spacial score (nSPS) is 15.1. The molecule has 1 fully saturated rings. The molecule has 8 rings (SSSR count). The van der Waals surface area contributed by atoms with Gasteiger partial charge in [0.15, 0.2) is 5.96 Å². The Kier molecular flexibility index (Phi) is 39.1. The number of carbonyl (C=O) groups excluding carboxylic acids is 18. The summed E-state index contributed by atoms with van der Waals surface area (Å²) in [5, 5.41) is 48.6. The predicted octanol–water partition coefficient (Wildman–Crippen LogP) is -1.93. The number of hydrogen-bond acceptors (Lipinski definition) is 19. The summed E-state index contributed by atoms with van der Waals surface area (Å²) in [5.74, 6) is -17.3. The molecule has 4 heterocycles. The molecule has 29 N–H and O–H groups in total. The second-order valence-corrected chi connectivity index (χ2v) is 33.7. The first-order valence-electron chi connectivity index (χ1n) is 43.9. The lowest BCUT2D eigenvalue weighted by atomic mass is 9.99. The summed E-state index contributed by atoms with van der Waals surface area (Å²) in [6, 6.07) is 10.9. The van der Waals surface area contributed by atoms with Crippen LogP contribution in [-0.2, 0) is 112 Å². The summed E-state index contributed by atoms with van der Waals surface area (Å²) in [4.78, 5) is 260. The number of nitrogens with one attached hydrogen (secondary N) is 19. The molecular formula is C90H122N24O18. The second-order valence-electron chi connectivity index (χ2n) is 33.7. The zero-order valence-electron chi connectivity index (χ0n) is 74.6. The monoisotopic (exact) mass is 1830 g/mol. The third kappa shape index (κ3) is 32.2. The summed E-state index contributed by atoms with van der Waals surface area (Å²) in [5.41, 5.74) is 31.9. The lowest BCUT2D eigenvalue weighted by molar-refractivity contribution is -0.136. The van der Waals surface area contributed by atoms with Crippen LogP contribution in [0.2, 0.25) is 0 Å². The second kappa shape index (κ2) is 50.3. The van der Waals surface area contributed by atoms with E-state index in [1.54, 1.807) is 117 Å². The van der Waals surface area contributed by atoms with Crippen molar-refractivity contribution in [2.24, 2.45) is 40.5 Å². The van der Waals surface area contributed by atoms with Crippen molar-refractivity contribution in [3.63, 3.8) is 0 Å². The molecule has 7 aromatic rings. The number of rotatable bonds is 54. The molecule has 0 saturated carbocycles. The van der Waals surface area contributed by atoms with Crippen LogP contribution in [0.25, 0.3) is 32.7 Å². The van der Waals surface area contributed by atoms with Crippen LogP contribution in [0, 0.1) is 17.2 Å². The van der Waals surface area contributed by atoms with Gasteiger partial charge in [-0.2, -0.15) is 0 Å². The molecule has 0 aliphatic carbocycles. The molecule has 42 nitrogen and oxygen atoms in total. The largest absolute Gasteiger partial charge is 0.370 e. The number of fused-ring (bicyclic) bond motifs is 3. The van der Waals surface area contributed by atoms with Crippen LogP contribution in [0.15, 0.2) is 122 Å². The highest BCUT2D eigenvalue weighted by Crippen LogP contribution is 2.25. The van der Waals surface area contributed by atoms with Crippen molar-refractivity contribution in [2.45, 2.75) is 236 Å². The molecule has 1 aliphatic rings. The van der Waals surface area contributed by atoms with Crippen LogP contribution in [0.1, 0.15) is 154 Å². The minimum absolute atomic E-state index is 0.0322. The number of para-hydroxylation sites is 3. The third-order valence-electron chi connectivity index (χ3n) is 22.1. The number of carbonyl (C=O) groups is 18. The summed E-state index contributed by atoms with van der Waals surface area (Å²) < 4.78 is 0. The fourth-order valence-electron chi connectivity index (χ4n) is 15.1. The van der Waals surface area contributed by atoms with E-state index in [2.05, 4.69) is 94.7 Å². The molecule has 0 radical (unpaired) electrons. The van der Waals surface area contributed by atoms with E-state index in [4.69, 9.17) is 34.1 Å².